The minimum Gasteiger partial charge on any atom is -0.403 e. The molecular weight excluding hydrogens is 532 g/mol. The van der Waals surface area contributed by atoms with Crippen molar-refractivity contribution >= 4 is 11.8 Å². The maximum atomic E-state index is 13.6. The molecule has 8 N–H and O–H groups in total. The van der Waals surface area contributed by atoms with E-state index in [4.69, 9.17) is 20.9 Å². The van der Waals surface area contributed by atoms with Crippen molar-refractivity contribution in [2.75, 3.05) is 32.8 Å². The second-order valence-electron chi connectivity index (χ2n) is 11.6. The van der Waals surface area contributed by atoms with Crippen LogP contribution in [-0.4, -0.2) is 67.9 Å². The molecule has 2 aliphatic carbocycles. The van der Waals surface area contributed by atoms with E-state index in [9.17, 15) is 9.59 Å². The Morgan fingerprint density at radius 3 is 2.86 bits per heavy atom. The number of carbonyl (C=O) groups is 2. The molecule has 10 nitrogen and oxygen atoms in total. The number of rotatable bonds is 18. The molecule has 2 amide bonds. The summed E-state index contributed by atoms with van der Waals surface area (Å²) in [7, 11) is 0. The van der Waals surface area contributed by atoms with Gasteiger partial charge in [0.2, 0.25) is 11.8 Å². The van der Waals surface area contributed by atoms with E-state index in [-0.39, 0.29) is 36.2 Å². The number of nitrogens with one attached hydrogen (secondary N) is 4. The zero-order valence-electron chi connectivity index (χ0n) is 24.7. The van der Waals surface area contributed by atoms with Crippen LogP contribution in [0.2, 0.25) is 0 Å². The minimum atomic E-state index is -0.449. The SMILES string of the molecule is N/C=C/NC/C=C/C1C(OCCC2CCCC3OC23)C=CC(CC(=O)NCCCc2ccc[nH]2)C1C(=O)NCCCN. The molecule has 4 rings (SSSR count). The first kappa shape index (κ1) is 31.8. The quantitative estimate of drug-likeness (QED) is 0.0880. The summed E-state index contributed by atoms with van der Waals surface area (Å²) in [6.07, 6.45) is 20.9. The number of fused-ring (bicyclic) bond motifs is 1. The number of hydrogen-bond acceptors (Lipinski definition) is 7. The summed E-state index contributed by atoms with van der Waals surface area (Å²) >= 11 is 0. The third-order valence-corrected chi connectivity index (χ3v) is 8.57. The second-order valence-corrected chi connectivity index (χ2v) is 11.6. The molecule has 3 aliphatic rings. The number of carbonyl (C=O) groups excluding carboxylic acids is 2. The number of H-pyrrole nitrogens is 1. The minimum absolute atomic E-state index is 0.0518. The Morgan fingerprint density at radius 2 is 2.05 bits per heavy atom. The molecule has 232 valence electrons. The zero-order valence-corrected chi connectivity index (χ0v) is 24.7. The van der Waals surface area contributed by atoms with Gasteiger partial charge in [0, 0.05) is 62.9 Å². The fourth-order valence-corrected chi connectivity index (χ4v) is 6.34. The molecule has 1 aromatic heterocycles. The molecule has 1 saturated carbocycles. The van der Waals surface area contributed by atoms with Crippen molar-refractivity contribution in [2.24, 2.45) is 35.1 Å². The highest BCUT2D eigenvalue weighted by atomic mass is 16.6. The fraction of sp³-hybridized carbons (Fsp3) is 0.625. The van der Waals surface area contributed by atoms with Crippen LogP contribution in [0.15, 0.2) is 55.0 Å². The Morgan fingerprint density at radius 1 is 1.17 bits per heavy atom. The van der Waals surface area contributed by atoms with Gasteiger partial charge in [-0.1, -0.05) is 30.7 Å². The van der Waals surface area contributed by atoms with Gasteiger partial charge in [0.15, 0.2) is 0 Å². The molecule has 0 radical (unpaired) electrons. The molecular formula is C32H50N6O4. The van der Waals surface area contributed by atoms with Crippen molar-refractivity contribution in [3.63, 3.8) is 0 Å². The van der Waals surface area contributed by atoms with E-state index >= 15 is 0 Å². The highest BCUT2D eigenvalue weighted by Gasteiger charge is 2.47. The van der Waals surface area contributed by atoms with Gasteiger partial charge in [0.1, 0.15) is 0 Å². The van der Waals surface area contributed by atoms with Crippen molar-refractivity contribution in [1.82, 2.24) is 20.9 Å². The van der Waals surface area contributed by atoms with Gasteiger partial charge in [-0.25, -0.2) is 0 Å². The first-order chi connectivity index (χ1) is 20.6. The summed E-state index contributed by atoms with van der Waals surface area (Å²) < 4.78 is 12.3. The Hall–Kier alpha value is -3.08. The summed E-state index contributed by atoms with van der Waals surface area (Å²) in [4.78, 5) is 29.9. The molecule has 42 heavy (non-hydrogen) atoms. The van der Waals surface area contributed by atoms with E-state index in [1.54, 1.807) is 6.20 Å². The number of aromatic amines is 1. The Labute approximate surface area is 250 Å². The highest BCUT2D eigenvalue weighted by molar-refractivity contribution is 5.82. The van der Waals surface area contributed by atoms with E-state index < -0.39 is 5.92 Å². The molecule has 0 aromatic carbocycles. The lowest BCUT2D eigenvalue weighted by molar-refractivity contribution is -0.131. The van der Waals surface area contributed by atoms with Gasteiger partial charge in [-0.15, -0.1) is 0 Å². The number of ether oxygens (including phenoxy) is 2. The average Bonchev–Trinajstić information content (AvgIpc) is 3.61. The lowest BCUT2D eigenvalue weighted by Gasteiger charge is -2.37. The van der Waals surface area contributed by atoms with Gasteiger partial charge in [0.25, 0.3) is 0 Å². The van der Waals surface area contributed by atoms with Crippen LogP contribution in [0.25, 0.3) is 0 Å². The Balaban J connectivity index is 1.41. The van der Waals surface area contributed by atoms with E-state index in [2.05, 4.69) is 27.0 Å². The number of hydrogen-bond donors (Lipinski definition) is 6. The predicted octanol–water partition coefficient (Wildman–Crippen LogP) is 2.26. The van der Waals surface area contributed by atoms with Crippen molar-refractivity contribution in [2.45, 2.75) is 69.7 Å². The number of aromatic nitrogens is 1. The molecule has 10 heteroatoms. The van der Waals surface area contributed by atoms with Crippen LogP contribution in [0.3, 0.4) is 0 Å². The number of nitrogens with two attached hydrogens (primary N) is 2. The Bertz CT molecular complexity index is 1040. The first-order valence-corrected chi connectivity index (χ1v) is 15.7. The third-order valence-electron chi connectivity index (χ3n) is 8.57. The number of allylic oxidation sites excluding steroid dienone is 1. The third kappa shape index (κ3) is 9.74. The van der Waals surface area contributed by atoms with Gasteiger partial charge >= 0.3 is 0 Å². The van der Waals surface area contributed by atoms with Crippen LogP contribution in [0.5, 0.6) is 0 Å². The lowest BCUT2D eigenvalue weighted by Crippen LogP contribution is -2.46. The van der Waals surface area contributed by atoms with E-state index in [1.807, 2.05) is 36.6 Å². The zero-order chi connectivity index (χ0) is 29.6. The molecule has 7 atom stereocenters. The topological polar surface area (TPSA) is 160 Å². The van der Waals surface area contributed by atoms with Gasteiger partial charge in [-0.3, -0.25) is 9.59 Å². The highest BCUT2D eigenvalue weighted by Crippen LogP contribution is 2.42. The molecule has 0 bridgehead atoms. The average molecular weight is 583 g/mol. The van der Waals surface area contributed by atoms with Crippen molar-refractivity contribution in [1.29, 1.82) is 0 Å². The van der Waals surface area contributed by atoms with E-state index in [1.165, 1.54) is 25.5 Å². The number of epoxide rings is 1. The molecule has 0 spiro atoms. The molecule has 2 fully saturated rings. The van der Waals surface area contributed by atoms with Gasteiger partial charge in [-0.2, -0.15) is 0 Å². The van der Waals surface area contributed by atoms with Crippen LogP contribution >= 0.6 is 0 Å². The van der Waals surface area contributed by atoms with Crippen molar-refractivity contribution in [3.8, 4) is 0 Å². The van der Waals surface area contributed by atoms with Crippen LogP contribution in [-0.2, 0) is 25.5 Å². The monoisotopic (exact) mass is 582 g/mol. The summed E-state index contributed by atoms with van der Waals surface area (Å²) in [6, 6.07) is 4.02. The number of amides is 2. The normalized spacial score (nSPS) is 28.5. The van der Waals surface area contributed by atoms with Crippen LogP contribution in [0.1, 0.15) is 50.6 Å². The fourth-order valence-electron chi connectivity index (χ4n) is 6.34. The van der Waals surface area contributed by atoms with Crippen LogP contribution in [0.4, 0.5) is 0 Å². The maximum absolute atomic E-state index is 13.6. The van der Waals surface area contributed by atoms with Crippen LogP contribution in [0, 0.1) is 23.7 Å². The first-order valence-electron chi connectivity index (χ1n) is 15.7. The van der Waals surface area contributed by atoms with E-state index in [0.717, 1.165) is 25.0 Å². The Kier molecular flexibility index (Phi) is 13.0. The van der Waals surface area contributed by atoms with Gasteiger partial charge < -0.3 is 41.9 Å². The second kappa shape index (κ2) is 17.1. The lowest BCUT2D eigenvalue weighted by atomic mass is 9.72. The van der Waals surface area contributed by atoms with Crippen LogP contribution < -0.4 is 27.4 Å². The largest absolute Gasteiger partial charge is 0.403 e. The molecule has 7 unspecified atom stereocenters. The van der Waals surface area contributed by atoms with Crippen molar-refractivity contribution in [3.05, 3.63) is 60.7 Å². The standard InChI is InChI=1S/C32H50N6O4/c33-14-5-19-38-32(40)30-24(22-29(39)37-18-3-8-25-7-2-17-36-25)11-12-27(26(30)9-4-16-35-20-15-34)41-21-13-23-6-1-10-28-31(23)42-28/h2,4,7,9,11-12,15,17,20,23-24,26-28,30-31,35-36H,1,3,5-6,8,10,13-14,16,18-19,21-22,33-34H2,(H,37,39)(H,38,40)/b9-4+,20-15+. The summed E-state index contributed by atoms with van der Waals surface area (Å²) in [5.74, 6) is -0.507. The summed E-state index contributed by atoms with van der Waals surface area (Å²) in [6.45, 7) is 2.77. The van der Waals surface area contributed by atoms with Crippen molar-refractivity contribution < 1.29 is 19.1 Å². The number of aryl methyl sites for hydroxylation is 1. The van der Waals surface area contributed by atoms with Gasteiger partial charge in [0.05, 0.1) is 24.2 Å². The van der Waals surface area contributed by atoms with Gasteiger partial charge in [-0.05, 0) is 69.0 Å². The maximum Gasteiger partial charge on any atom is 0.224 e. The smallest absolute Gasteiger partial charge is 0.224 e. The predicted molar refractivity (Wildman–Crippen MR) is 164 cm³/mol. The molecule has 1 aromatic rings. The summed E-state index contributed by atoms with van der Waals surface area (Å²) in [5, 5.41) is 9.22. The summed E-state index contributed by atoms with van der Waals surface area (Å²) in [5.41, 5.74) is 12.3. The molecule has 2 heterocycles. The van der Waals surface area contributed by atoms with E-state index in [0.29, 0.717) is 57.3 Å². The molecule has 1 aliphatic heterocycles. The molecule has 1 saturated heterocycles.